The van der Waals surface area contributed by atoms with E-state index < -0.39 is 0 Å². The van der Waals surface area contributed by atoms with Crippen LogP contribution in [-0.4, -0.2) is 37.1 Å². The van der Waals surface area contributed by atoms with E-state index in [1.165, 1.54) is 45.4 Å². The highest BCUT2D eigenvalue weighted by molar-refractivity contribution is 4.85. The highest BCUT2D eigenvalue weighted by Gasteiger charge is 2.28. The van der Waals surface area contributed by atoms with Crippen molar-refractivity contribution in [2.24, 2.45) is 17.8 Å². The molecule has 2 aliphatic heterocycles. The van der Waals surface area contributed by atoms with E-state index in [9.17, 15) is 0 Å². The van der Waals surface area contributed by atoms with Gasteiger partial charge in [-0.2, -0.15) is 0 Å². The monoisotopic (exact) mass is 224 g/mol. The van der Waals surface area contributed by atoms with Crippen LogP contribution in [0, 0.1) is 17.8 Å². The molecule has 1 N–H and O–H groups in total. The van der Waals surface area contributed by atoms with Crippen molar-refractivity contribution in [3.8, 4) is 0 Å². The molecule has 2 aliphatic rings. The maximum absolute atomic E-state index is 3.70. The second-order valence-electron chi connectivity index (χ2n) is 6.23. The minimum absolute atomic E-state index is 0.750. The molecule has 0 aromatic heterocycles. The molecule has 2 heterocycles. The lowest BCUT2D eigenvalue weighted by molar-refractivity contribution is 0.208. The van der Waals surface area contributed by atoms with Gasteiger partial charge in [0.25, 0.3) is 0 Å². The molecule has 94 valence electrons. The Morgan fingerprint density at radius 3 is 2.75 bits per heavy atom. The molecule has 0 aromatic rings. The zero-order chi connectivity index (χ0) is 11.5. The average Bonchev–Trinajstić information content (AvgIpc) is 2.70. The number of nitrogens with one attached hydrogen (secondary N) is 1. The van der Waals surface area contributed by atoms with Crippen LogP contribution in [0.4, 0.5) is 0 Å². The van der Waals surface area contributed by atoms with E-state index in [1.807, 2.05) is 0 Å². The standard InChI is InChI=1S/C14H28N2/c1-11(2)13-6-8-16(9-13)10-14-12(3)5-4-7-15-14/h11-15H,4-10H2,1-3H3. The van der Waals surface area contributed by atoms with Crippen molar-refractivity contribution in [1.82, 2.24) is 10.2 Å². The topological polar surface area (TPSA) is 15.3 Å². The van der Waals surface area contributed by atoms with E-state index in [0.29, 0.717) is 0 Å². The Morgan fingerprint density at radius 1 is 1.31 bits per heavy atom. The van der Waals surface area contributed by atoms with E-state index in [1.54, 1.807) is 0 Å². The molecule has 0 saturated carbocycles. The van der Waals surface area contributed by atoms with Gasteiger partial charge in [-0.05, 0) is 50.1 Å². The van der Waals surface area contributed by atoms with Crippen LogP contribution < -0.4 is 5.32 Å². The highest BCUT2D eigenvalue weighted by atomic mass is 15.2. The van der Waals surface area contributed by atoms with E-state index >= 15 is 0 Å². The zero-order valence-corrected chi connectivity index (χ0v) is 11.2. The molecule has 0 aliphatic carbocycles. The molecule has 2 rings (SSSR count). The molecular weight excluding hydrogens is 196 g/mol. The fourth-order valence-electron chi connectivity index (χ4n) is 3.21. The molecule has 0 spiro atoms. The van der Waals surface area contributed by atoms with Crippen molar-refractivity contribution in [3.63, 3.8) is 0 Å². The van der Waals surface area contributed by atoms with Crippen molar-refractivity contribution >= 4 is 0 Å². The first kappa shape index (κ1) is 12.4. The number of hydrogen-bond donors (Lipinski definition) is 1. The van der Waals surface area contributed by atoms with Crippen molar-refractivity contribution in [2.75, 3.05) is 26.2 Å². The largest absolute Gasteiger partial charge is 0.312 e. The third-order valence-corrected chi connectivity index (χ3v) is 4.64. The van der Waals surface area contributed by atoms with E-state index in [2.05, 4.69) is 31.0 Å². The van der Waals surface area contributed by atoms with Crippen molar-refractivity contribution in [3.05, 3.63) is 0 Å². The van der Waals surface area contributed by atoms with Crippen molar-refractivity contribution in [1.29, 1.82) is 0 Å². The first-order valence-corrected chi connectivity index (χ1v) is 7.12. The summed E-state index contributed by atoms with van der Waals surface area (Å²) in [7, 11) is 0. The molecule has 2 heteroatoms. The molecular formula is C14H28N2. The lowest BCUT2D eigenvalue weighted by atomic mass is 9.92. The Morgan fingerprint density at radius 2 is 2.12 bits per heavy atom. The molecule has 0 amide bonds. The van der Waals surface area contributed by atoms with Crippen molar-refractivity contribution in [2.45, 2.75) is 46.1 Å². The van der Waals surface area contributed by atoms with Crippen LogP contribution in [0.1, 0.15) is 40.0 Å². The second kappa shape index (κ2) is 5.50. The molecule has 2 saturated heterocycles. The molecule has 0 bridgehead atoms. The molecule has 0 radical (unpaired) electrons. The van der Waals surface area contributed by atoms with E-state index in [0.717, 1.165) is 23.8 Å². The van der Waals surface area contributed by atoms with Gasteiger partial charge in [-0.1, -0.05) is 20.8 Å². The molecule has 3 atom stereocenters. The first-order chi connectivity index (χ1) is 7.66. The Balaban J connectivity index is 1.77. The molecule has 16 heavy (non-hydrogen) atoms. The number of rotatable bonds is 3. The summed E-state index contributed by atoms with van der Waals surface area (Å²) in [6, 6.07) is 0.750. The van der Waals surface area contributed by atoms with Gasteiger partial charge in [0.15, 0.2) is 0 Å². The normalized spacial score (nSPS) is 37.1. The number of hydrogen-bond acceptors (Lipinski definition) is 2. The minimum atomic E-state index is 0.750. The Bertz CT molecular complexity index is 215. The Hall–Kier alpha value is -0.0800. The van der Waals surface area contributed by atoms with E-state index in [4.69, 9.17) is 0 Å². The Kier molecular flexibility index (Phi) is 4.26. The zero-order valence-electron chi connectivity index (χ0n) is 11.2. The van der Waals surface area contributed by atoms with Gasteiger partial charge in [0.05, 0.1) is 0 Å². The summed E-state index contributed by atoms with van der Waals surface area (Å²) < 4.78 is 0. The van der Waals surface area contributed by atoms with Gasteiger partial charge in [-0.3, -0.25) is 0 Å². The predicted octanol–water partition coefficient (Wildman–Crippen LogP) is 2.35. The van der Waals surface area contributed by atoms with Gasteiger partial charge in [-0.25, -0.2) is 0 Å². The molecule has 0 aromatic carbocycles. The summed E-state index contributed by atoms with van der Waals surface area (Å²) in [6.45, 7) is 12.3. The van der Waals surface area contributed by atoms with Crippen LogP contribution in [0.3, 0.4) is 0 Å². The van der Waals surface area contributed by atoms with Crippen LogP contribution in [-0.2, 0) is 0 Å². The van der Waals surface area contributed by atoms with Crippen LogP contribution in [0.25, 0.3) is 0 Å². The number of likely N-dealkylation sites (tertiary alicyclic amines) is 1. The van der Waals surface area contributed by atoms with E-state index in [-0.39, 0.29) is 0 Å². The first-order valence-electron chi connectivity index (χ1n) is 7.12. The van der Waals surface area contributed by atoms with Gasteiger partial charge < -0.3 is 10.2 Å². The molecule has 2 fully saturated rings. The average molecular weight is 224 g/mol. The van der Waals surface area contributed by atoms with Gasteiger partial charge in [0, 0.05) is 19.1 Å². The SMILES string of the molecule is CC(C)C1CCN(CC2NCCCC2C)C1. The number of nitrogens with zero attached hydrogens (tertiary/aromatic N) is 1. The van der Waals surface area contributed by atoms with Crippen LogP contribution >= 0.6 is 0 Å². The quantitative estimate of drug-likeness (QED) is 0.791. The van der Waals surface area contributed by atoms with Crippen molar-refractivity contribution < 1.29 is 0 Å². The lowest BCUT2D eigenvalue weighted by Gasteiger charge is -2.33. The van der Waals surface area contributed by atoms with Gasteiger partial charge in [-0.15, -0.1) is 0 Å². The Labute approximate surface area is 101 Å². The second-order valence-corrected chi connectivity index (χ2v) is 6.23. The van der Waals surface area contributed by atoms with Gasteiger partial charge in [0.2, 0.25) is 0 Å². The fraction of sp³-hybridized carbons (Fsp3) is 1.00. The molecule has 2 nitrogen and oxygen atoms in total. The smallest absolute Gasteiger partial charge is 0.0220 e. The predicted molar refractivity (Wildman–Crippen MR) is 69.6 cm³/mol. The minimum Gasteiger partial charge on any atom is -0.312 e. The summed E-state index contributed by atoms with van der Waals surface area (Å²) >= 11 is 0. The van der Waals surface area contributed by atoms with Gasteiger partial charge >= 0.3 is 0 Å². The maximum Gasteiger partial charge on any atom is 0.0220 e. The highest BCUT2D eigenvalue weighted by Crippen LogP contribution is 2.25. The summed E-state index contributed by atoms with van der Waals surface area (Å²) in [4.78, 5) is 2.68. The van der Waals surface area contributed by atoms with Crippen LogP contribution in [0.2, 0.25) is 0 Å². The summed E-state index contributed by atoms with van der Waals surface area (Å²) in [5.74, 6) is 2.67. The number of piperidine rings is 1. The molecule has 3 unspecified atom stereocenters. The van der Waals surface area contributed by atoms with Crippen LogP contribution in [0.15, 0.2) is 0 Å². The maximum atomic E-state index is 3.70. The summed E-state index contributed by atoms with van der Waals surface area (Å²) in [6.07, 6.45) is 4.20. The van der Waals surface area contributed by atoms with Crippen LogP contribution in [0.5, 0.6) is 0 Å². The summed E-state index contributed by atoms with van der Waals surface area (Å²) in [5.41, 5.74) is 0. The fourth-order valence-corrected chi connectivity index (χ4v) is 3.21. The lowest BCUT2D eigenvalue weighted by Crippen LogP contribution is -2.47. The third kappa shape index (κ3) is 2.98. The summed E-state index contributed by atoms with van der Waals surface area (Å²) in [5, 5.41) is 3.70. The third-order valence-electron chi connectivity index (χ3n) is 4.64. The van der Waals surface area contributed by atoms with Gasteiger partial charge in [0.1, 0.15) is 0 Å².